The fourth-order valence-electron chi connectivity index (χ4n) is 1.52. The van der Waals surface area contributed by atoms with Crippen molar-refractivity contribution in [3.8, 4) is 0 Å². The van der Waals surface area contributed by atoms with Crippen LogP contribution >= 0.6 is 11.3 Å². The minimum atomic E-state index is -3.50. The second kappa shape index (κ2) is 5.52. The van der Waals surface area contributed by atoms with E-state index in [2.05, 4.69) is 9.71 Å². The Labute approximate surface area is 111 Å². The van der Waals surface area contributed by atoms with Gasteiger partial charge in [-0.3, -0.25) is 0 Å². The fourth-order valence-corrected chi connectivity index (χ4v) is 3.46. The van der Waals surface area contributed by atoms with Gasteiger partial charge < -0.3 is 5.73 Å². The molecule has 1 fully saturated rings. The Morgan fingerprint density at radius 2 is 2.33 bits per heavy atom. The number of nitrogens with two attached hydrogens (primary N) is 1. The Balaban J connectivity index is 1.97. The van der Waals surface area contributed by atoms with Gasteiger partial charge in [0.05, 0.1) is 5.69 Å². The highest BCUT2D eigenvalue weighted by Gasteiger charge is 2.27. The molecule has 0 aliphatic heterocycles. The molecule has 0 saturated heterocycles. The summed E-state index contributed by atoms with van der Waals surface area (Å²) in [6.07, 6.45) is 2.96. The van der Waals surface area contributed by atoms with E-state index in [0.29, 0.717) is 30.6 Å². The number of rotatable bonds is 7. The van der Waals surface area contributed by atoms with Crippen molar-refractivity contribution in [3.63, 3.8) is 0 Å². The summed E-state index contributed by atoms with van der Waals surface area (Å²) < 4.78 is 27.6. The molecule has 3 N–H and O–H groups in total. The smallest absolute Gasteiger partial charge is 0.303 e. The first kappa shape index (κ1) is 13.7. The van der Waals surface area contributed by atoms with Gasteiger partial charge in [-0.2, -0.15) is 12.7 Å². The van der Waals surface area contributed by atoms with Crippen molar-refractivity contribution in [2.45, 2.75) is 25.2 Å². The molecule has 0 bridgehead atoms. The van der Waals surface area contributed by atoms with Gasteiger partial charge in [0.25, 0.3) is 0 Å². The Kier molecular flexibility index (Phi) is 4.21. The van der Waals surface area contributed by atoms with Crippen molar-refractivity contribution >= 4 is 26.7 Å². The first-order valence-corrected chi connectivity index (χ1v) is 8.24. The molecule has 1 saturated carbocycles. The van der Waals surface area contributed by atoms with E-state index < -0.39 is 10.2 Å². The normalized spacial score (nSPS) is 16.2. The van der Waals surface area contributed by atoms with Crippen molar-refractivity contribution in [1.82, 2.24) is 9.29 Å². The van der Waals surface area contributed by atoms with Crippen molar-refractivity contribution in [2.24, 2.45) is 5.73 Å². The van der Waals surface area contributed by atoms with E-state index in [1.165, 1.54) is 22.7 Å². The lowest BCUT2D eigenvalue weighted by atomic mass is 10.3. The van der Waals surface area contributed by atoms with E-state index >= 15 is 0 Å². The van der Waals surface area contributed by atoms with Crippen LogP contribution in [0.25, 0.3) is 0 Å². The number of thiazole rings is 1. The van der Waals surface area contributed by atoms with Gasteiger partial charge >= 0.3 is 10.2 Å². The number of aromatic nitrogens is 1. The maximum atomic E-state index is 11.9. The number of hydrogen-bond acceptors (Lipinski definition) is 5. The van der Waals surface area contributed by atoms with Crippen molar-refractivity contribution in [2.75, 3.05) is 24.9 Å². The summed E-state index contributed by atoms with van der Waals surface area (Å²) >= 11 is 1.33. The summed E-state index contributed by atoms with van der Waals surface area (Å²) in [7, 11) is -1.97. The summed E-state index contributed by atoms with van der Waals surface area (Å²) in [5.74, 6) is 0.537. The third-order valence-corrected chi connectivity index (χ3v) is 5.18. The molecule has 18 heavy (non-hydrogen) atoms. The molecular weight excluding hydrogens is 272 g/mol. The second-order valence-electron chi connectivity index (χ2n) is 4.42. The molecule has 1 aromatic heterocycles. The van der Waals surface area contributed by atoms with Gasteiger partial charge in [0, 0.05) is 24.9 Å². The quantitative estimate of drug-likeness (QED) is 0.783. The average Bonchev–Trinajstić information content (AvgIpc) is 3.07. The van der Waals surface area contributed by atoms with Gasteiger partial charge in [0.2, 0.25) is 0 Å². The van der Waals surface area contributed by atoms with E-state index in [-0.39, 0.29) is 0 Å². The van der Waals surface area contributed by atoms with Crippen LogP contribution in [-0.2, 0) is 10.2 Å². The maximum Gasteiger partial charge on any atom is 0.303 e. The first-order valence-electron chi connectivity index (χ1n) is 5.92. The highest BCUT2D eigenvalue weighted by atomic mass is 32.2. The summed E-state index contributed by atoms with van der Waals surface area (Å²) in [6, 6.07) is 0. The highest BCUT2D eigenvalue weighted by Crippen LogP contribution is 2.40. The molecule has 1 aliphatic carbocycles. The standard InChI is InChI=1S/C10H18N4O2S2/c1-14(6-2-5-11)18(15,16)13-10-12-9(7-17-10)8-3-4-8/h7-8H,2-6,11H2,1H3,(H,12,13). The van der Waals surface area contributed by atoms with Crippen LogP contribution in [0.3, 0.4) is 0 Å². The molecule has 2 rings (SSSR count). The van der Waals surface area contributed by atoms with Crippen molar-refractivity contribution < 1.29 is 8.42 Å². The number of anilines is 1. The molecule has 0 amide bonds. The van der Waals surface area contributed by atoms with Crippen LogP contribution in [0.15, 0.2) is 5.38 Å². The molecule has 1 aliphatic rings. The topological polar surface area (TPSA) is 88.3 Å². The SMILES string of the molecule is CN(CCCN)S(=O)(=O)Nc1nc(C2CC2)cs1. The zero-order chi connectivity index (χ0) is 13.2. The Hall–Kier alpha value is -0.700. The van der Waals surface area contributed by atoms with Crippen LogP contribution in [0.4, 0.5) is 5.13 Å². The number of hydrogen-bond donors (Lipinski definition) is 2. The minimum absolute atomic E-state index is 0.409. The maximum absolute atomic E-state index is 11.9. The summed E-state index contributed by atoms with van der Waals surface area (Å²) in [5.41, 5.74) is 6.37. The molecule has 0 unspecified atom stereocenters. The van der Waals surface area contributed by atoms with Gasteiger partial charge in [-0.15, -0.1) is 11.3 Å². The molecule has 6 nitrogen and oxygen atoms in total. The van der Waals surface area contributed by atoms with Crippen LogP contribution in [0.1, 0.15) is 30.9 Å². The average molecular weight is 290 g/mol. The molecule has 8 heteroatoms. The summed E-state index contributed by atoms with van der Waals surface area (Å²) in [4.78, 5) is 4.30. The predicted molar refractivity (Wildman–Crippen MR) is 72.9 cm³/mol. The van der Waals surface area contributed by atoms with Gasteiger partial charge in [-0.1, -0.05) is 0 Å². The minimum Gasteiger partial charge on any atom is -0.330 e. The lowest BCUT2D eigenvalue weighted by Crippen LogP contribution is -2.34. The predicted octanol–water partition coefficient (Wildman–Crippen LogP) is 0.958. The number of nitrogens with zero attached hydrogens (tertiary/aromatic N) is 2. The van der Waals surface area contributed by atoms with E-state index in [0.717, 1.165) is 18.5 Å². The zero-order valence-electron chi connectivity index (χ0n) is 10.3. The lowest BCUT2D eigenvalue weighted by molar-refractivity contribution is 0.468. The fraction of sp³-hybridized carbons (Fsp3) is 0.700. The molecule has 1 heterocycles. The second-order valence-corrected chi connectivity index (χ2v) is 7.06. The monoisotopic (exact) mass is 290 g/mol. The van der Waals surface area contributed by atoms with Crippen LogP contribution in [0.5, 0.6) is 0 Å². The largest absolute Gasteiger partial charge is 0.330 e. The molecule has 0 aromatic carbocycles. The van der Waals surface area contributed by atoms with Crippen LogP contribution < -0.4 is 10.5 Å². The lowest BCUT2D eigenvalue weighted by Gasteiger charge is -2.16. The third-order valence-electron chi connectivity index (χ3n) is 2.82. The Morgan fingerprint density at radius 3 is 2.94 bits per heavy atom. The molecular formula is C10H18N4O2S2. The zero-order valence-corrected chi connectivity index (χ0v) is 11.9. The summed E-state index contributed by atoms with van der Waals surface area (Å²) in [5, 5.41) is 2.37. The van der Waals surface area contributed by atoms with Gasteiger partial charge in [-0.25, -0.2) is 9.71 Å². The molecule has 102 valence electrons. The van der Waals surface area contributed by atoms with E-state index in [4.69, 9.17) is 5.73 Å². The van der Waals surface area contributed by atoms with E-state index in [9.17, 15) is 8.42 Å². The molecule has 1 aromatic rings. The molecule has 0 radical (unpaired) electrons. The Morgan fingerprint density at radius 1 is 1.61 bits per heavy atom. The van der Waals surface area contributed by atoms with Crippen LogP contribution in [0, 0.1) is 0 Å². The van der Waals surface area contributed by atoms with Gasteiger partial charge in [0.15, 0.2) is 5.13 Å². The van der Waals surface area contributed by atoms with Crippen LogP contribution in [-0.4, -0.2) is 37.8 Å². The van der Waals surface area contributed by atoms with Crippen molar-refractivity contribution in [1.29, 1.82) is 0 Å². The summed E-state index contributed by atoms with van der Waals surface area (Å²) in [6.45, 7) is 0.885. The molecule has 0 atom stereocenters. The first-order chi connectivity index (χ1) is 8.53. The Bertz CT molecular complexity index is 496. The third kappa shape index (κ3) is 3.41. The number of nitrogens with one attached hydrogen (secondary N) is 1. The van der Waals surface area contributed by atoms with Crippen molar-refractivity contribution in [3.05, 3.63) is 11.1 Å². The van der Waals surface area contributed by atoms with E-state index in [1.54, 1.807) is 0 Å². The highest BCUT2D eigenvalue weighted by molar-refractivity contribution is 7.90. The molecule has 0 spiro atoms. The van der Waals surface area contributed by atoms with Gasteiger partial charge in [0.1, 0.15) is 0 Å². The van der Waals surface area contributed by atoms with E-state index in [1.807, 2.05) is 5.38 Å². The van der Waals surface area contributed by atoms with Gasteiger partial charge in [-0.05, 0) is 25.8 Å². The van der Waals surface area contributed by atoms with Crippen LogP contribution in [0.2, 0.25) is 0 Å².